The number of hydrogen-bond acceptors (Lipinski definition) is 3. The third-order valence-electron chi connectivity index (χ3n) is 7.21. The maximum atomic E-state index is 13.3. The molecule has 4 rings (SSSR count). The van der Waals surface area contributed by atoms with Gasteiger partial charge in [0.2, 0.25) is 5.91 Å². The molecular formula is C25H29NO3. The Bertz CT molecular complexity index is 907. The Morgan fingerprint density at radius 3 is 2.00 bits per heavy atom. The van der Waals surface area contributed by atoms with Crippen molar-refractivity contribution in [3.8, 4) is 11.8 Å². The summed E-state index contributed by atoms with van der Waals surface area (Å²) in [6, 6.07) is 4.35. The predicted octanol–water partition coefficient (Wildman–Crippen LogP) is 3.85. The number of Topliss-reactive ketones (excluding diaryl/α,β-unsaturated/α-hetero) is 2. The van der Waals surface area contributed by atoms with Crippen LogP contribution in [0.15, 0.2) is 12.1 Å². The molecule has 29 heavy (non-hydrogen) atoms. The van der Waals surface area contributed by atoms with Crippen LogP contribution in [0.3, 0.4) is 0 Å². The number of rotatable bonds is 1. The minimum Gasteiger partial charge on any atom is -0.337 e. The van der Waals surface area contributed by atoms with Crippen molar-refractivity contribution in [2.45, 2.75) is 84.2 Å². The summed E-state index contributed by atoms with van der Waals surface area (Å²) in [6.07, 6.45) is 4.48. The second kappa shape index (κ2) is 7.13. The van der Waals surface area contributed by atoms with Gasteiger partial charge in [0.1, 0.15) is 17.5 Å². The normalized spacial score (nSPS) is 31.0. The van der Waals surface area contributed by atoms with Gasteiger partial charge in [0.25, 0.3) is 0 Å². The SMILES string of the molecule is CC#Cc1cc(C)c(C2C(=O)CC3(CC2=O)CC2CCC(C3)N2C(C)=O)c(C)c1. The van der Waals surface area contributed by atoms with Crippen molar-refractivity contribution in [1.29, 1.82) is 0 Å². The van der Waals surface area contributed by atoms with Crippen LogP contribution in [0, 0.1) is 31.1 Å². The summed E-state index contributed by atoms with van der Waals surface area (Å²) in [7, 11) is 0. The first-order chi connectivity index (χ1) is 13.7. The number of fused-ring (bicyclic) bond motifs is 2. The Kier molecular flexibility index (Phi) is 4.89. The molecule has 2 bridgehead atoms. The van der Waals surface area contributed by atoms with Crippen molar-refractivity contribution in [3.05, 3.63) is 34.4 Å². The van der Waals surface area contributed by atoms with E-state index in [-0.39, 0.29) is 35.0 Å². The van der Waals surface area contributed by atoms with E-state index in [1.165, 1.54) is 0 Å². The first-order valence-electron chi connectivity index (χ1n) is 10.6. The zero-order valence-electron chi connectivity index (χ0n) is 17.8. The van der Waals surface area contributed by atoms with Crippen molar-refractivity contribution in [3.63, 3.8) is 0 Å². The lowest BCUT2D eigenvalue weighted by Crippen LogP contribution is -2.53. The quantitative estimate of drug-likeness (QED) is 0.540. The van der Waals surface area contributed by atoms with Crippen LogP contribution in [-0.4, -0.2) is 34.5 Å². The van der Waals surface area contributed by atoms with Gasteiger partial charge in [-0.3, -0.25) is 14.4 Å². The van der Waals surface area contributed by atoms with Gasteiger partial charge in [0.05, 0.1) is 0 Å². The summed E-state index contributed by atoms with van der Waals surface area (Å²) in [6.45, 7) is 7.38. The number of carbonyl (C=O) groups excluding carboxylic acids is 3. The van der Waals surface area contributed by atoms with Gasteiger partial charge in [-0.1, -0.05) is 5.92 Å². The molecule has 3 aliphatic rings. The fourth-order valence-electron chi connectivity index (χ4n) is 6.40. The molecule has 0 radical (unpaired) electrons. The first kappa shape index (κ1) is 19.9. The van der Waals surface area contributed by atoms with Gasteiger partial charge in [-0.15, -0.1) is 5.92 Å². The van der Waals surface area contributed by atoms with E-state index in [1.54, 1.807) is 13.8 Å². The van der Waals surface area contributed by atoms with Gasteiger partial charge >= 0.3 is 0 Å². The van der Waals surface area contributed by atoms with Crippen LogP contribution >= 0.6 is 0 Å². The number of hydrogen-bond donors (Lipinski definition) is 0. The van der Waals surface area contributed by atoms with E-state index >= 15 is 0 Å². The molecule has 3 fully saturated rings. The molecule has 2 saturated heterocycles. The Labute approximate surface area is 173 Å². The van der Waals surface area contributed by atoms with Crippen molar-refractivity contribution in [2.75, 3.05) is 0 Å². The molecule has 2 heterocycles. The zero-order chi connectivity index (χ0) is 20.9. The average Bonchev–Trinajstić information content (AvgIpc) is 2.90. The summed E-state index contributed by atoms with van der Waals surface area (Å²) >= 11 is 0. The monoisotopic (exact) mass is 391 g/mol. The number of amides is 1. The molecule has 1 saturated carbocycles. The third-order valence-corrected chi connectivity index (χ3v) is 7.21. The molecule has 1 amide bonds. The number of piperidine rings is 1. The molecule has 2 aliphatic heterocycles. The maximum Gasteiger partial charge on any atom is 0.219 e. The summed E-state index contributed by atoms with van der Waals surface area (Å²) < 4.78 is 0. The molecule has 4 nitrogen and oxygen atoms in total. The maximum absolute atomic E-state index is 13.3. The molecule has 1 aromatic carbocycles. The number of ketones is 2. The van der Waals surface area contributed by atoms with Crippen molar-refractivity contribution < 1.29 is 14.4 Å². The van der Waals surface area contributed by atoms with Crippen LogP contribution in [0.1, 0.15) is 80.5 Å². The zero-order valence-corrected chi connectivity index (χ0v) is 17.8. The molecule has 152 valence electrons. The van der Waals surface area contributed by atoms with Gasteiger partial charge in [0.15, 0.2) is 0 Å². The highest BCUT2D eigenvalue weighted by Gasteiger charge is 2.54. The smallest absolute Gasteiger partial charge is 0.219 e. The summed E-state index contributed by atoms with van der Waals surface area (Å²) in [5, 5.41) is 0. The number of nitrogens with zero attached hydrogens (tertiary/aromatic N) is 1. The molecule has 1 aromatic rings. The highest BCUT2D eigenvalue weighted by atomic mass is 16.2. The van der Waals surface area contributed by atoms with Gasteiger partial charge in [0, 0.05) is 37.4 Å². The van der Waals surface area contributed by atoms with Gasteiger partial charge in [-0.2, -0.15) is 0 Å². The van der Waals surface area contributed by atoms with Crippen LogP contribution in [0.2, 0.25) is 0 Å². The lowest BCUT2D eigenvalue weighted by atomic mass is 9.61. The van der Waals surface area contributed by atoms with E-state index in [1.807, 2.05) is 30.9 Å². The minimum absolute atomic E-state index is 0.0532. The van der Waals surface area contributed by atoms with E-state index in [4.69, 9.17) is 0 Å². The largest absolute Gasteiger partial charge is 0.337 e. The Morgan fingerprint density at radius 2 is 1.55 bits per heavy atom. The van der Waals surface area contributed by atoms with E-state index < -0.39 is 5.92 Å². The highest BCUT2D eigenvalue weighted by molar-refractivity contribution is 6.10. The number of benzene rings is 1. The van der Waals surface area contributed by atoms with Gasteiger partial charge < -0.3 is 4.90 Å². The molecule has 4 heteroatoms. The molecule has 2 unspecified atom stereocenters. The Hall–Kier alpha value is -2.41. The minimum atomic E-state index is -0.646. The lowest BCUT2D eigenvalue weighted by molar-refractivity contribution is -0.142. The second-order valence-electron chi connectivity index (χ2n) is 9.34. The predicted molar refractivity (Wildman–Crippen MR) is 111 cm³/mol. The van der Waals surface area contributed by atoms with E-state index in [0.29, 0.717) is 12.8 Å². The Balaban J connectivity index is 1.62. The van der Waals surface area contributed by atoms with Crippen molar-refractivity contribution >= 4 is 17.5 Å². The number of aryl methyl sites for hydroxylation is 2. The second-order valence-corrected chi connectivity index (χ2v) is 9.34. The molecule has 2 atom stereocenters. The van der Waals surface area contributed by atoms with Crippen molar-refractivity contribution in [2.24, 2.45) is 5.41 Å². The topological polar surface area (TPSA) is 54.5 Å². The van der Waals surface area contributed by atoms with Crippen LogP contribution in [0.5, 0.6) is 0 Å². The molecule has 0 N–H and O–H groups in total. The molecule has 1 spiro atoms. The fourth-order valence-corrected chi connectivity index (χ4v) is 6.40. The average molecular weight is 392 g/mol. The summed E-state index contributed by atoms with van der Waals surface area (Å²) in [4.78, 5) is 40.7. The van der Waals surface area contributed by atoms with Crippen molar-refractivity contribution in [1.82, 2.24) is 4.90 Å². The third kappa shape index (κ3) is 3.31. The number of carbonyl (C=O) groups is 3. The standard InChI is InChI=1S/C25H29NO3/c1-5-6-18-9-15(2)23(16(3)10-18)24-21(28)13-25(14-22(24)29)11-19-7-8-20(12-25)26(19)17(4)27/h9-10,19-20,24H,7-8,11-14H2,1-4H3. The van der Waals surface area contributed by atoms with Gasteiger partial charge in [-0.05, 0) is 80.7 Å². The van der Waals surface area contributed by atoms with Crippen LogP contribution in [-0.2, 0) is 14.4 Å². The van der Waals surface area contributed by atoms with Crippen LogP contribution in [0.25, 0.3) is 0 Å². The summed E-state index contributed by atoms with van der Waals surface area (Å²) in [5.41, 5.74) is 3.48. The highest BCUT2D eigenvalue weighted by Crippen LogP contribution is 2.53. The fraction of sp³-hybridized carbons (Fsp3) is 0.560. The van der Waals surface area contributed by atoms with E-state index in [2.05, 4.69) is 11.8 Å². The first-order valence-corrected chi connectivity index (χ1v) is 10.6. The van der Waals surface area contributed by atoms with Crippen LogP contribution in [0.4, 0.5) is 0 Å². The summed E-state index contributed by atoms with van der Waals surface area (Å²) in [5.74, 6) is 5.56. The lowest BCUT2D eigenvalue weighted by Gasteiger charge is -2.48. The van der Waals surface area contributed by atoms with E-state index in [0.717, 1.165) is 47.9 Å². The Morgan fingerprint density at radius 1 is 1.03 bits per heavy atom. The van der Waals surface area contributed by atoms with Crippen LogP contribution < -0.4 is 0 Å². The van der Waals surface area contributed by atoms with E-state index in [9.17, 15) is 14.4 Å². The molecule has 1 aliphatic carbocycles. The molecule has 0 aromatic heterocycles. The molecular weight excluding hydrogens is 362 g/mol. The van der Waals surface area contributed by atoms with Gasteiger partial charge in [-0.25, -0.2) is 0 Å².